The molecule has 5 nitrogen and oxygen atoms in total. The van der Waals surface area contributed by atoms with Gasteiger partial charge in [0.05, 0.1) is 17.3 Å². The maximum atomic E-state index is 12.1. The van der Waals surface area contributed by atoms with Crippen LogP contribution in [0.25, 0.3) is 0 Å². The van der Waals surface area contributed by atoms with Crippen molar-refractivity contribution >= 4 is 29.2 Å². The van der Waals surface area contributed by atoms with Crippen LogP contribution < -0.4 is 16.0 Å². The lowest BCUT2D eigenvalue weighted by Gasteiger charge is -2.57. The number of hydrogen-bond acceptors (Lipinski definition) is 2. The molecule has 1 aromatic rings. The Morgan fingerprint density at radius 3 is 2.25 bits per heavy atom. The van der Waals surface area contributed by atoms with Crippen molar-refractivity contribution < 1.29 is 9.59 Å². The zero-order valence-electron chi connectivity index (χ0n) is 16.1. The molecule has 6 rings (SSSR count). The van der Waals surface area contributed by atoms with E-state index in [1.54, 1.807) is 0 Å². The van der Waals surface area contributed by atoms with E-state index in [1.165, 1.54) is 44.1 Å². The van der Waals surface area contributed by atoms with Crippen molar-refractivity contribution in [3.63, 3.8) is 0 Å². The molecule has 5 fully saturated rings. The summed E-state index contributed by atoms with van der Waals surface area (Å²) >= 11 is 6.53. The van der Waals surface area contributed by atoms with E-state index in [4.69, 9.17) is 11.6 Å². The van der Waals surface area contributed by atoms with Gasteiger partial charge < -0.3 is 16.0 Å². The molecule has 6 heteroatoms. The van der Waals surface area contributed by atoms with E-state index in [1.807, 2.05) is 6.07 Å². The molecule has 3 amide bonds. The molecule has 28 heavy (non-hydrogen) atoms. The smallest absolute Gasteiger partial charge is 0.319 e. The number of urea groups is 1. The van der Waals surface area contributed by atoms with Gasteiger partial charge in [-0.3, -0.25) is 4.79 Å². The number of halogens is 1. The zero-order valence-corrected chi connectivity index (χ0v) is 16.9. The Bertz CT molecular complexity index is 770. The van der Waals surface area contributed by atoms with Crippen LogP contribution in [0.3, 0.4) is 0 Å². The second kappa shape index (κ2) is 6.94. The van der Waals surface area contributed by atoms with E-state index < -0.39 is 6.03 Å². The Balaban J connectivity index is 1.23. The lowest BCUT2D eigenvalue weighted by Crippen LogP contribution is -2.48. The molecule has 0 unspecified atom stereocenters. The average Bonchev–Trinajstić information content (AvgIpc) is 3.44. The lowest BCUT2D eigenvalue weighted by molar-refractivity contribution is -0.120. The third kappa shape index (κ3) is 3.61. The predicted octanol–water partition coefficient (Wildman–Crippen LogP) is 4.21. The molecule has 150 valence electrons. The van der Waals surface area contributed by atoms with Gasteiger partial charge in [0.25, 0.3) is 0 Å². The number of nitrogens with one attached hydrogen (secondary N) is 3. The van der Waals surface area contributed by atoms with Gasteiger partial charge in [-0.1, -0.05) is 17.7 Å². The highest BCUT2D eigenvalue weighted by molar-refractivity contribution is 6.33. The number of benzene rings is 1. The highest BCUT2D eigenvalue weighted by atomic mass is 35.5. The number of carbonyl (C=O) groups excluding carboxylic acids is 2. The van der Waals surface area contributed by atoms with Crippen LogP contribution in [0, 0.1) is 17.8 Å². The van der Waals surface area contributed by atoms with Crippen molar-refractivity contribution in [2.75, 3.05) is 11.9 Å². The Morgan fingerprint density at radius 2 is 1.68 bits per heavy atom. The third-order valence-electron chi connectivity index (χ3n) is 7.22. The summed E-state index contributed by atoms with van der Waals surface area (Å²) in [5.74, 6) is 2.50. The van der Waals surface area contributed by atoms with Crippen molar-refractivity contribution in [3.05, 3.63) is 28.8 Å². The van der Waals surface area contributed by atoms with Gasteiger partial charge in [-0.15, -0.1) is 0 Å². The van der Waals surface area contributed by atoms with Crippen LogP contribution in [0.1, 0.15) is 56.9 Å². The minimum absolute atomic E-state index is 0.0225. The molecular weight excluding hydrogens is 374 g/mol. The van der Waals surface area contributed by atoms with Crippen molar-refractivity contribution in [1.29, 1.82) is 0 Å². The summed E-state index contributed by atoms with van der Waals surface area (Å²) in [5.41, 5.74) is 2.22. The largest absolute Gasteiger partial charge is 0.352 e. The Morgan fingerprint density at radius 1 is 1.04 bits per heavy atom. The van der Waals surface area contributed by atoms with Gasteiger partial charge in [0.15, 0.2) is 0 Å². The molecule has 5 saturated carbocycles. The summed E-state index contributed by atoms with van der Waals surface area (Å²) in [6.07, 6.45) is 10.2. The first kappa shape index (κ1) is 18.3. The normalized spacial score (nSPS) is 32.8. The molecule has 0 saturated heterocycles. The molecule has 0 aliphatic heterocycles. The van der Waals surface area contributed by atoms with Crippen LogP contribution in [0.2, 0.25) is 5.02 Å². The van der Waals surface area contributed by atoms with Gasteiger partial charge in [0.1, 0.15) is 0 Å². The highest BCUT2D eigenvalue weighted by Gasteiger charge is 2.51. The molecule has 3 N–H and O–H groups in total. The predicted molar refractivity (Wildman–Crippen MR) is 109 cm³/mol. The van der Waals surface area contributed by atoms with Gasteiger partial charge >= 0.3 is 6.03 Å². The van der Waals surface area contributed by atoms with Crippen molar-refractivity contribution in [2.45, 2.75) is 62.8 Å². The molecule has 0 spiro atoms. The molecule has 0 atom stereocenters. The van der Waals surface area contributed by atoms with Gasteiger partial charge in [0, 0.05) is 6.04 Å². The molecule has 4 bridgehead atoms. The zero-order chi connectivity index (χ0) is 19.3. The quantitative estimate of drug-likeness (QED) is 0.691. The van der Waals surface area contributed by atoms with E-state index in [-0.39, 0.29) is 12.5 Å². The van der Waals surface area contributed by atoms with Crippen LogP contribution in [-0.4, -0.2) is 24.5 Å². The van der Waals surface area contributed by atoms with Crippen LogP contribution >= 0.6 is 11.6 Å². The van der Waals surface area contributed by atoms with E-state index in [0.717, 1.165) is 30.6 Å². The number of hydrogen-bond donors (Lipinski definition) is 3. The SMILES string of the molecule is O=C(CNC(=O)Nc1ccc(C23CC4CC(CC(C4)C2)C3)cc1Cl)NC1CC1. The topological polar surface area (TPSA) is 70.2 Å². The molecular formula is C22H28ClN3O2. The van der Waals surface area contributed by atoms with Gasteiger partial charge in [-0.25, -0.2) is 4.79 Å². The minimum Gasteiger partial charge on any atom is -0.352 e. The second-order valence-electron chi connectivity index (χ2n) is 9.54. The summed E-state index contributed by atoms with van der Waals surface area (Å²) in [5, 5.41) is 8.79. The van der Waals surface area contributed by atoms with E-state index >= 15 is 0 Å². The Labute approximate surface area is 171 Å². The maximum absolute atomic E-state index is 12.1. The monoisotopic (exact) mass is 401 g/mol. The van der Waals surface area contributed by atoms with E-state index in [0.29, 0.717) is 22.2 Å². The Kier molecular flexibility index (Phi) is 4.53. The van der Waals surface area contributed by atoms with E-state index in [2.05, 4.69) is 28.1 Å². The standard InChI is InChI=1S/C22H28ClN3O2/c23-18-8-16(22-9-13-5-14(10-22)7-15(6-13)11-22)1-4-19(18)26-21(28)24-12-20(27)25-17-2-3-17/h1,4,8,13-15,17H,2-3,5-7,9-12H2,(H,25,27)(H2,24,26,28). The fraction of sp³-hybridized carbons (Fsp3) is 0.636. The first-order valence-electron chi connectivity index (χ1n) is 10.6. The minimum atomic E-state index is -0.407. The van der Waals surface area contributed by atoms with Gasteiger partial charge in [-0.05, 0) is 92.2 Å². The first-order chi connectivity index (χ1) is 13.5. The fourth-order valence-corrected chi connectivity index (χ4v) is 6.47. The highest BCUT2D eigenvalue weighted by Crippen LogP contribution is 2.60. The summed E-state index contributed by atoms with van der Waals surface area (Å²) in [7, 11) is 0. The molecule has 0 heterocycles. The van der Waals surface area contributed by atoms with Crippen molar-refractivity contribution in [2.24, 2.45) is 17.8 Å². The summed E-state index contributed by atoms with van der Waals surface area (Å²) < 4.78 is 0. The van der Waals surface area contributed by atoms with E-state index in [9.17, 15) is 9.59 Å². The lowest BCUT2D eigenvalue weighted by atomic mass is 9.48. The molecule has 5 aliphatic carbocycles. The molecule has 5 aliphatic rings. The van der Waals surface area contributed by atoms with Gasteiger partial charge in [-0.2, -0.15) is 0 Å². The Hall–Kier alpha value is -1.75. The maximum Gasteiger partial charge on any atom is 0.319 e. The van der Waals surface area contributed by atoms with Crippen molar-refractivity contribution in [1.82, 2.24) is 10.6 Å². The van der Waals surface area contributed by atoms with Gasteiger partial charge in [0.2, 0.25) is 5.91 Å². The van der Waals surface area contributed by atoms with Crippen LogP contribution in [-0.2, 0) is 10.2 Å². The fourth-order valence-electron chi connectivity index (χ4n) is 6.24. The van der Waals surface area contributed by atoms with Crippen LogP contribution in [0.15, 0.2) is 18.2 Å². The summed E-state index contributed by atoms with van der Waals surface area (Å²) in [4.78, 5) is 23.8. The number of carbonyl (C=O) groups is 2. The molecule has 1 aromatic carbocycles. The van der Waals surface area contributed by atoms with Crippen LogP contribution in [0.5, 0.6) is 0 Å². The number of rotatable bonds is 5. The molecule has 0 radical (unpaired) electrons. The average molecular weight is 402 g/mol. The first-order valence-corrected chi connectivity index (χ1v) is 11.0. The third-order valence-corrected chi connectivity index (χ3v) is 7.53. The van der Waals surface area contributed by atoms with Crippen LogP contribution in [0.4, 0.5) is 10.5 Å². The number of amides is 3. The summed E-state index contributed by atoms with van der Waals surface area (Å²) in [6.45, 7) is -0.0225. The second-order valence-corrected chi connectivity index (χ2v) is 9.95. The number of anilines is 1. The summed E-state index contributed by atoms with van der Waals surface area (Å²) in [6, 6.07) is 6.01. The molecule has 0 aromatic heterocycles. The van der Waals surface area contributed by atoms with Crippen molar-refractivity contribution in [3.8, 4) is 0 Å².